The topological polar surface area (TPSA) is 38.5 Å². The standard InChI is InChI=1S/C19H18BrFN2O2/c1-23(11-14-9-15(20)5-8-17(14)24-2)12-19-22-10-18(25-19)13-3-6-16(21)7-4-13/h3-10H,11-12H2,1-2H3. The van der Waals surface area contributed by atoms with Crippen LogP contribution in [-0.2, 0) is 13.1 Å². The van der Waals surface area contributed by atoms with Gasteiger partial charge in [0, 0.05) is 22.1 Å². The Kier molecular flexibility index (Phi) is 5.50. The SMILES string of the molecule is COc1ccc(Br)cc1CN(C)Cc1ncc(-c2ccc(F)cc2)o1. The molecule has 2 aromatic carbocycles. The van der Waals surface area contributed by atoms with E-state index in [1.807, 2.05) is 25.2 Å². The van der Waals surface area contributed by atoms with Crippen molar-refractivity contribution in [3.05, 3.63) is 70.4 Å². The van der Waals surface area contributed by atoms with Gasteiger partial charge in [-0.3, -0.25) is 4.90 Å². The molecule has 0 spiro atoms. The maximum atomic E-state index is 13.0. The van der Waals surface area contributed by atoms with Crippen molar-refractivity contribution in [2.24, 2.45) is 0 Å². The normalized spacial score (nSPS) is 11.1. The van der Waals surface area contributed by atoms with Crippen LogP contribution in [-0.4, -0.2) is 24.0 Å². The zero-order valence-corrected chi connectivity index (χ0v) is 15.6. The molecule has 0 bridgehead atoms. The smallest absolute Gasteiger partial charge is 0.209 e. The molecule has 0 aliphatic heterocycles. The molecular formula is C19H18BrFN2O2. The van der Waals surface area contributed by atoms with E-state index < -0.39 is 0 Å². The molecule has 0 saturated carbocycles. The van der Waals surface area contributed by atoms with Crippen LogP contribution in [0, 0.1) is 5.82 Å². The van der Waals surface area contributed by atoms with Gasteiger partial charge in [-0.1, -0.05) is 15.9 Å². The monoisotopic (exact) mass is 404 g/mol. The van der Waals surface area contributed by atoms with E-state index in [4.69, 9.17) is 9.15 Å². The summed E-state index contributed by atoms with van der Waals surface area (Å²) in [5.74, 6) is 1.81. The Labute approximate surface area is 154 Å². The molecule has 1 aromatic heterocycles. The van der Waals surface area contributed by atoms with E-state index in [2.05, 4.69) is 25.8 Å². The van der Waals surface area contributed by atoms with Crippen LogP contribution in [0.15, 0.2) is 57.6 Å². The maximum Gasteiger partial charge on any atom is 0.209 e. The Bertz CT molecular complexity index is 849. The van der Waals surface area contributed by atoms with Crippen molar-refractivity contribution < 1.29 is 13.5 Å². The summed E-state index contributed by atoms with van der Waals surface area (Å²) in [5.41, 5.74) is 1.88. The summed E-state index contributed by atoms with van der Waals surface area (Å²) in [6, 6.07) is 12.1. The van der Waals surface area contributed by atoms with Gasteiger partial charge in [-0.15, -0.1) is 0 Å². The maximum absolute atomic E-state index is 13.0. The average molecular weight is 405 g/mol. The largest absolute Gasteiger partial charge is 0.496 e. The van der Waals surface area contributed by atoms with E-state index in [-0.39, 0.29) is 5.82 Å². The molecule has 1 heterocycles. The number of ether oxygens (including phenoxy) is 1. The molecule has 0 fully saturated rings. The molecule has 6 heteroatoms. The minimum absolute atomic E-state index is 0.272. The van der Waals surface area contributed by atoms with Gasteiger partial charge in [0.2, 0.25) is 5.89 Å². The highest BCUT2D eigenvalue weighted by Gasteiger charge is 2.12. The van der Waals surface area contributed by atoms with Crippen LogP contribution >= 0.6 is 15.9 Å². The highest BCUT2D eigenvalue weighted by atomic mass is 79.9. The van der Waals surface area contributed by atoms with Crippen LogP contribution in [0.25, 0.3) is 11.3 Å². The second kappa shape index (κ2) is 7.80. The van der Waals surface area contributed by atoms with Gasteiger partial charge in [-0.2, -0.15) is 0 Å². The van der Waals surface area contributed by atoms with Gasteiger partial charge >= 0.3 is 0 Å². The van der Waals surface area contributed by atoms with Crippen molar-refractivity contribution in [2.75, 3.05) is 14.2 Å². The summed E-state index contributed by atoms with van der Waals surface area (Å²) >= 11 is 3.48. The zero-order valence-electron chi connectivity index (χ0n) is 14.0. The first-order chi connectivity index (χ1) is 12.0. The molecule has 0 N–H and O–H groups in total. The molecule has 3 rings (SSSR count). The van der Waals surface area contributed by atoms with Crippen molar-refractivity contribution in [3.63, 3.8) is 0 Å². The Hall–Kier alpha value is -2.18. The number of hydrogen-bond donors (Lipinski definition) is 0. The molecule has 0 aliphatic carbocycles. The first-order valence-electron chi connectivity index (χ1n) is 7.77. The Balaban J connectivity index is 1.68. The van der Waals surface area contributed by atoms with Gasteiger partial charge in [-0.25, -0.2) is 9.37 Å². The average Bonchev–Trinajstić information content (AvgIpc) is 3.04. The Morgan fingerprint density at radius 1 is 1.16 bits per heavy atom. The zero-order chi connectivity index (χ0) is 17.8. The van der Waals surface area contributed by atoms with Crippen molar-refractivity contribution in [1.82, 2.24) is 9.88 Å². The fourth-order valence-corrected chi connectivity index (χ4v) is 2.99. The summed E-state index contributed by atoms with van der Waals surface area (Å²) in [6.45, 7) is 1.24. The van der Waals surface area contributed by atoms with Crippen LogP contribution in [0.2, 0.25) is 0 Å². The number of aromatic nitrogens is 1. The first kappa shape index (κ1) is 17.6. The number of benzene rings is 2. The molecule has 0 unspecified atom stereocenters. The fourth-order valence-electron chi connectivity index (χ4n) is 2.58. The van der Waals surface area contributed by atoms with E-state index in [9.17, 15) is 4.39 Å². The predicted octanol–water partition coefficient (Wildman–Crippen LogP) is 4.88. The number of halogens is 2. The second-order valence-corrected chi connectivity index (χ2v) is 6.67. The van der Waals surface area contributed by atoms with E-state index in [1.54, 1.807) is 25.4 Å². The molecule has 25 heavy (non-hydrogen) atoms. The lowest BCUT2D eigenvalue weighted by molar-refractivity contribution is 0.277. The van der Waals surface area contributed by atoms with Crippen LogP contribution in [0.1, 0.15) is 11.5 Å². The summed E-state index contributed by atoms with van der Waals surface area (Å²) in [7, 11) is 3.65. The molecule has 3 aromatic rings. The lowest BCUT2D eigenvalue weighted by atomic mass is 10.2. The lowest BCUT2D eigenvalue weighted by Crippen LogP contribution is -2.17. The van der Waals surface area contributed by atoms with Gasteiger partial charge in [0.15, 0.2) is 5.76 Å². The molecule has 0 atom stereocenters. The highest BCUT2D eigenvalue weighted by Crippen LogP contribution is 2.25. The number of nitrogens with zero attached hydrogens (tertiary/aromatic N) is 2. The van der Waals surface area contributed by atoms with Gasteiger partial charge < -0.3 is 9.15 Å². The summed E-state index contributed by atoms with van der Waals surface area (Å²) in [5, 5.41) is 0. The molecule has 0 radical (unpaired) electrons. The quantitative estimate of drug-likeness (QED) is 0.586. The van der Waals surface area contributed by atoms with Crippen molar-refractivity contribution in [3.8, 4) is 17.1 Å². The molecule has 0 saturated heterocycles. The highest BCUT2D eigenvalue weighted by molar-refractivity contribution is 9.10. The summed E-state index contributed by atoms with van der Waals surface area (Å²) < 4.78 is 25.2. The Morgan fingerprint density at radius 2 is 1.92 bits per heavy atom. The van der Waals surface area contributed by atoms with E-state index in [0.29, 0.717) is 24.7 Å². The lowest BCUT2D eigenvalue weighted by Gasteiger charge is -2.17. The van der Waals surface area contributed by atoms with E-state index >= 15 is 0 Å². The summed E-state index contributed by atoms with van der Waals surface area (Å²) in [4.78, 5) is 6.40. The van der Waals surface area contributed by atoms with Crippen molar-refractivity contribution in [2.45, 2.75) is 13.1 Å². The summed E-state index contributed by atoms with van der Waals surface area (Å²) in [6.07, 6.45) is 1.66. The minimum atomic E-state index is -0.272. The van der Waals surface area contributed by atoms with Gasteiger partial charge in [0.25, 0.3) is 0 Å². The number of methoxy groups -OCH3 is 1. The van der Waals surface area contributed by atoms with Crippen molar-refractivity contribution in [1.29, 1.82) is 0 Å². The number of rotatable bonds is 6. The van der Waals surface area contributed by atoms with Gasteiger partial charge in [-0.05, 0) is 49.5 Å². The first-order valence-corrected chi connectivity index (χ1v) is 8.56. The Morgan fingerprint density at radius 3 is 2.64 bits per heavy atom. The van der Waals surface area contributed by atoms with Gasteiger partial charge in [0.1, 0.15) is 11.6 Å². The third-order valence-electron chi connectivity index (χ3n) is 3.77. The van der Waals surface area contributed by atoms with Crippen LogP contribution in [0.3, 0.4) is 0 Å². The minimum Gasteiger partial charge on any atom is -0.496 e. The number of hydrogen-bond acceptors (Lipinski definition) is 4. The molecule has 0 amide bonds. The fraction of sp³-hybridized carbons (Fsp3) is 0.211. The van der Waals surface area contributed by atoms with Crippen LogP contribution in [0.5, 0.6) is 5.75 Å². The molecular weight excluding hydrogens is 387 g/mol. The molecule has 0 aliphatic rings. The van der Waals surface area contributed by atoms with E-state index in [0.717, 1.165) is 21.3 Å². The molecule has 130 valence electrons. The van der Waals surface area contributed by atoms with Crippen LogP contribution < -0.4 is 4.74 Å². The van der Waals surface area contributed by atoms with Crippen LogP contribution in [0.4, 0.5) is 4.39 Å². The third-order valence-corrected chi connectivity index (χ3v) is 4.26. The van der Waals surface area contributed by atoms with Crippen molar-refractivity contribution >= 4 is 15.9 Å². The molecule has 4 nitrogen and oxygen atoms in total. The number of oxazole rings is 1. The second-order valence-electron chi connectivity index (χ2n) is 5.75. The third kappa shape index (κ3) is 4.46. The van der Waals surface area contributed by atoms with E-state index in [1.165, 1.54) is 12.1 Å². The van der Waals surface area contributed by atoms with Gasteiger partial charge in [0.05, 0.1) is 19.9 Å². The predicted molar refractivity (Wildman–Crippen MR) is 97.8 cm³/mol.